The molecule has 0 radical (unpaired) electrons. The molecule has 1 aliphatic carbocycles. The Morgan fingerprint density at radius 3 is 2.71 bits per heavy atom. The number of benzene rings is 1. The molecule has 3 atom stereocenters. The standard InChI is InChI=1S/C22H30N2O4/c1-14-8-6-10-19(16(14)3)24-12-17(11-21(24)26)22(27)28-13-20(25)23-18-9-5-4-7-15(18)2/h6,8,10,15,17-18H,4-5,7,9,11-13H2,1-3H3,(H,23,25)/t15-,17+,18-/m0/s1. The van der Waals surface area contributed by atoms with Crippen LogP contribution in [-0.4, -0.2) is 37.0 Å². The number of hydrogen-bond donors (Lipinski definition) is 1. The molecule has 0 aromatic heterocycles. The van der Waals surface area contributed by atoms with Gasteiger partial charge in [0.2, 0.25) is 5.91 Å². The lowest BCUT2D eigenvalue weighted by Crippen LogP contribution is -2.43. The molecule has 1 aliphatic heterocycles. The van der Waals surface area contributed by atoms with Gasteiger partial charge >= 0.3 is 5.97 Å². The van der Waals surface area contributed by atoms with Crippen molar-refractivity contribution in [3.05, 3.63) is 29.3 Å². The molecule has 6 heteroatoms. The summed E-state index contributed by atoms with van der Waals surface area (Å²) in [6, 6.07) is 5.96. The smallest absolute Gasteiger partial charge is 0.311 e. The molecule has 0 spiro atoms. The Bertz CT molecular complexity index is 761. The summed E-state index contributed by atoms with van der Waals surface area (Å²) in [5.41, 5.74) is 2.97. The van der Waals surface area contributed by atoms with Gasteiger partial charge < -0.3 is 15.0 Å². The lowest BCUT2D eigenvalue weighted by Gasteiger charge is -2.29. The van der Waals surface area contributed by atoms with Crippen LogP contribution in [0, 0.1) is 25.7 Å². The minimum atomic E-state index is -0.534. The van der Waals surface area contributed by atoms with Crippen molar-refractivity contribution >= 4 is 23.5 Å². The summed E-state index contributed by atoms with van der Waals surface area (Å²) in [5, 5.41) is 2.98. The number of carbonyl (C=O) groups excluding carboxylic acids is 3. The Kier molecular flexibility index (Phi) is 6.37. The Morgan fingerprint density at radius 1 is 1.21 bits per heavy atom. The van der Waals surface area contributed by atoms with E-state index in [1.807, 2.05) is 32.0 Å². The number of amides is 2. The summed E-state index contributed by atoms with van der Waals surface area (Å²) in [6.45, 7) is 6.12. The van der Waals surface area contributed by atoms with Crippen LogP contribution in [0.4, 0.5) is 5.69 Å². The number of esters is 1. The second-order valence-electron chi connectivity index (χ2n) is 8.17. The highest BCUT2D eigenvalue weighted by molar-refractivity contribution is 6.00. The summed E-state index contributed by atoms with van der Waals surface area (Å²) in [5.74, 6) is -0.910. The molecule has 2 aliphatic rings. The Labute approximate surface area is 166 Å². The number of carbonyl (C=O) groups is 3. The third-order valence-corrected chi connectivity index (χ3v) is 6.13. The highest BCUT2D eigenvalue weighted by Crippen LogP contribution is 2.30. The quantitative estimate of drug-likeness (QED) is 0.790. The van der Waals surface area contributed by atoms with Crippen LogP contribution in [0.3, 0.4) is 0 Å². The van der Waals surface area contributed by atoms with Crippen LogP contribution >= 0.6 is 0 Å². The molecule has 2 fully saturated rings. The van der Waals surface area contributed by atoms with Crippen LogP contribution in [0.2, 0.25) is 0 Å². The van der Waals surface area contributed by atoms with Gasteiger partial charge in [-0.1, -0.05) is 31.9 Å². The molecule has 0 unspecified atom stereocenters. The third kappa shape index (κ3) is 4.54. The van der Waals surface area contributed by atoms with Crippen molar-refractivity contribution in [3.63, 3.8) is 0 Å². The SMILES string of the molecule is Cc1cccc(N2C[C@H](C(=O)OCC(=O)N[C@H]3CCCC[C@@H]3C)CC2=O)c1C. The fraction of sp³-hybridized carbons (Fsp3) is 0.591. The van der Waals surface area contributed by atoms with Crippen molar-refractivity contribution in [2.75, 3.05) is 18.1 Å². The van der Waals surface area contributed by atoms with Crippen molar-refractivity contribution < 1.29 is 19.1 Å². The Balaban J connectivity index is 1.52. The Morgan fingerprint density at radius 2 is 1.96 bits per heavy atom. The van der Waals surface area contributed by atoms with E-state index in [-0.39, 0.29) is 30.9 Å². The van der Waals surface area contributed by atoms with E-state index in [2.05, 4.69) is 12.2 Å². The van der Waals surface area contributed by atoms with E-state index in [0.717, 1.165) is 36.1 Å². The minimum absolute atomic E-state index is 0.0869. The summed E-state index contributed by atoms with van der Waals surface area (Å²) in [4.78, 5) is 38.6. The van der Waals surface area contributed by atoms with Crippen LogP contribution in [-0.2, 0) is 19.1 Å². The van der Waals surface area contributed by atoms with Gasteiger partial charge in [-0.3, -0.25) is 14.4 Å². The molecular formula is C22H30N2O4. The summed E-state index contributed by atoms with van der Waals surface area (Å²) < 4.78 is 5.22. The molecule has 1 heterocycles. The number of rotatable bonds is 5. The van der Waals surface area contributed by atoms with Gasteiger partial charge in [-0.05, 0) is 49.8 Å². The topological polar surface area (TPSA) is 75.7 Å². The van der Waals surface area contributed by atoms with E-state index >= 15 is 0 Å². The van der Waals surface area contributed by atoms with Crippen molar-refractivity contribution in [1.82, 2.24) is 5.32 Å². The van der Waals surface area contributed by atoms with Gasteiger partial charge in [-0.15, -0.1) is 0 Å². The number of anilines is 1. The summed E-state index contributed by atoms with van der Waals surface area (Å²) in [6.07, 6.45) is 4.53. The maximum absolute atomic E-state index is 12.4. The van der Waals surface area contributed by atoms with Gasteiger partial charge in [-0.2, -0.15) is 0 Å². The van der Waals surface area contributed by atoms with Gasteiger partial charge in [0.05, 0.1) is 5.92 Å². The average Bonchev–Trinajstić information content (AvgIpc) is 3.05. The van der Waals surface area contributed by atoms with Crippen molar-refractivity contribution in [1.29, 1.82) is 0 Å². The summed E-state index contributed by atoms with van der Waals surface area (Å²) >= 11 is 0. The molecule has 0 bridgehead atoms. The van der Waals surface area contributed by atoms with Crippen LogP contribution in [0.15, 0.2) is 18.2 Å². The van der Waals surface area contributed by atoms with Gasteiger partial charge in [0, 0.05) is 24.7 Å². The fourth-order valence-electron chi connectivity index (χ4n) is 4.16. The minimum Gasteiger partial charge on any atom is -0.455 e. The maximum Gasteiger partial charge on any atom is 0.311 e. The second kappa shape index (κ2) is 8.76. The lowest BCUT2D eigenvalue weighted by molar-refractivity contribution is -0.152. The average molecular weight is 386 g/mol. The molecule has 28 heavy (non-hydrogen) atoms. The fourth-order valence-corrected chi connectivity index (χ4v) is 4.16. The molecule has 1 N–H and O–H groups in total. The number of hydrogen-bond acceptors (Lipinski definition) is 4. The van der Waals surface area contributed by atoms with E-state index in [4.69, 9.17) is 4.74 Å². The molecular weight excluding hydrogens is 356 g/mol. The molecule has 2 amide bonds. The Hall–Kier alpha value is -2.37. The zero-order valence-electron chi connectivity index (χ0n) is 17.0. The highest BCUT2D eigenvalue weighted by Gasteiger charge is 2.37. The van der Waals surface area contributed by atoms with E-state index in [1.165, 1.54) is 6.42 Å². The van der Waals surface area contributed by atoms with E-state index < -0.39 is 11.9 Å². The lowest BCUT2D eigenvalue weighted by atomic mass is 9.86. The normalized spacial score (nSPS) is 24.9. The second-order valence-corrected chi connectivity index (χ2v) is 8.17. The van der Waals surface area contributed by atoms with Crippen molar-refractivity contribution in [2.24, 2.45) is 11.8 Å². The third-order valence-electron chi connectivity index (χ3n) is 6.13. The molecule has 1 saturated carbocycles. The van der Waals surface area contributed by atoms with Gasteiger partial charge in [0.25, 0.3) is 5.91 Å². The molecule has 6 nitrogen and oxygen atoms in total. The van der Waals surface area contributed by atoms with Gasteiger partial charge in [0.15, 0.2) is 6.61 Å². The number of nitrogens with zero attached hydrogens (tertiary/aromatic N) is 1. The number of aryl methyl sites for hydroxylation is 1. The van der Waals surface area contributed by atoms with Crippen molar-refractivity contribution in [2.45, 2.75) is 58.9 Å². The van der Waals surface area contributed by atoms with Crippen LogP contribution in [0.25, 0.3) is 0 Å². The van der Waals surface area contributed by atoms with Crippen LogP contribution in [0.5, 0.6) is 0 Å². The molecule has 3 rings (SSSR count). The number of nitrogens with one attached hydrogen (secondary N) is 1. The van der Waals surface area contributed by atoms with Gasteiger partial charge in [-0.25, -0.2) is 0 Å². The van der Waals surface area contributed by atoms with Crippen molar-refractivity contribution in [3.8, 4) is 0 Å². The molecule has 152 valence electrons. The predicted molar refractivity (Wildman–Crippen MR) is 107 cm³/mol. The van der Waals surface area contributed by atoms with E-state index in [1.54, 1.807) is 4.90 Å². The van der Waals surface area contributed by atoms with E-state index in [9.17, 15) is 14.4 Å². The van der Waals surface area contributed by atoms with Gasteiger partial charge in [0.1, 0.15) is 0 Å². The van der Waals surface area contributed by atoms with Crippen LogP contribution in [0.1, 0.15) is 50.2 Å². The first kappa shape index (κ1) is 20.4. The molecule has 1 aromatic carbocycles. The zero-order chi connectivity index (χ0) is 20.3. The highest BCUT2D eigenvalue weighted by atomic mass is 16.5. The maximum atomic E-state index is 12.4. The van der Waals surface area contributed by atoms with E-state index in [0.29, 0.717) is 12.5 Å². The predicted octanol–water partition coefficient (Wildman–Crippen LogP) is 2.89. The van der Waals surface area contributed by atoms with Crippen LogP contribution < -0.4 is 10.2 Å². The summed E-state index contributed by atoms with van der Waals surface area (Å²) in [7, 11) is 0. The largest absolute Gasteiger partial charge is 0.455 e. The first-order valence-electron chi connectivity index (χ1n) is 10.2. The number of ether oxygens (including phenoxy) is 1. The first-order chi connectivity index (χ1) is 13.4. The molecule has 1 saturated heterocycles. The first-order valence-corrected chi connectivity index (χ1v) is 10.2. The zero-order valence-corrected chi connectivity index (χ0v) is 17.0. The monoisotopic (exact) mass is 386 g/mol. The molecule has 1 aromatic rings.